The molecule has 0 spiro atoms. The number of ether oxygens (including phenoxy) is 2. The van der Waals surface area contributed by atoms with E-state index in [2.05, 4.69) is 4.74 Å². The molecule has 1 aromatic rings. The number of hydrogen-bond donors (Lipinski definition) is 0. The maximum absolute atomic E-state index is 12.0. The van der Waals surface area contributed by atoms with Crippen LogP contribution in [0, 0.1) is 0 Å². The Labute approximate surface area is 119 Å². The van der Waals surface area contributed by atoms with E-state index in [-0.39, 0.29) is 12.3 Å². The van der Waals surface area contributed by atoms with Crippen LogP contribution in [0.4, 0.5) is 0 Å². The zero-order valence-electron chi connectivity index (χ0n) is 12.2. The number of rotatable bonds is 7. The van der Waals surface area contributed by atoms with Crippen molar-refractivity contribution in [1.29, 1.82) is 0 Å². The van der Waals surface area contributed by atoms with Crippen LogP contribution in [0.3, 0.4) is 0 Å². The van der Waals surface area contributed by atoms with Gasteiger partial charge >= 0.3 is 5.97 Å². The lowest BCUT2D eigenvalue weighted by atomic mass is 10.2. The molecular formula is C15H21NO4. The summed E-state index contributed by atoms with van der Waals surface area (Å²) in [5.41, 5.74) is 0.998. The fourth-order valence-electron chi connectivity index (χ4n) is 1.82. The van der Waals surface area contributed by atoms with E-state index in [0.29, 0.717) is 13.1 Å². The van der Waals surface area contributed by atoms with Crippen LogP contribution in [0.1, 0.15) is 25.3 Å². The molecule has 0 aliphatic carbocycles. The average Bonchev–Trinajstić information content (AvgIpc) is 2.47. The first kappa shape index (κ1) is 16.0. The SMILES string of the molecule is CCCN(Cc1ccc(OC)cc1)C(=O)CC(=O)OC. The predicted molar refractivity (Wildman–Crippen MR) is 75.3 cm³/mol. The van der Waals surface area contributed by atoms with Crippen LogP contribution in [0.2, 0.25) is 0 Å². The van der Waals surface area contributed by atoms with Crippen molar-refractivity contribution < 1.29 is 19.1 Å². The van der Waals surface area contributed by atoms with Gasteiger partial charge in [0.1, 0.15) is 12.2 Å². The van der Waals surface area contributed by atoms with Crippen molar-refractivity contribution in [3.63, 3.8) is 0 Å². The molecule has 0 saturated heterocycles. The van der Waals surface area contributed by atoms with Crippen molar-refractivity contribution in [2.45, 2.75) is 26.3 Å². The fraction of sp³-hybridized carbons (Fsp3) is 0.467. The zero-order chi connectivity index (χ0) is 15.0. The van der Waals surface area contributed by atoms with Crippen LogP contribution >= 0.6 is 0 Å². The van der Waals surface area contributed by atoms with Crippen molar-refractivity contribution in [2.24, 2.45) is 0 Å². The Morgan fingerprint density at radius 3 is 2.30 bits per heavy atom. The number of amides is 1. The molecule has 110 valence electrons. The van der Waals surface area contributed by atoms with Gasteiger partial charge in [-0.3, -0.25) is 9.59 Å². The monoisotopic (exact) mass is 279 g/mol. The van der Waals surface area contributed by atoms with E-state index in [1.54, 1.807) is 12.0 Å². The van der Waals surface area contributed by atoms with Crippen molar-refractivity contribution in [1.82, 2.24) is 4.90 Å². The molecule has 0 saturated carbocycles. The molecule has 1 rings (SSSR count). The van der Waals surface area contributed by atoms with Gasteiger partial charge in [-0.05, 0) is 24.1 Å². The molecule has 5 heteroatoms. The normalized spacial score (nSPS) is 9.95. The van der Waals surface area contributed by atoms with E-state index in [4.69, 9.17) is 4.74 Å². The standard InChI is InChI=1S/C15H21NO4/c1-4-9-16(14(17)10-15(18)20-3)11-12-5-7-13(19-2)8-6-12/h5-8H,4,9-11H2,1-3H3. The highest BCUT2D eigenvalue weighted by Gasteiger charge is 2.17. The summed E-state index contributed by atoms with van der Waals surface area (Å²) in [6.45, 7) is 3.09. The van der Waals surface area contributed by atoms with Gasteiger partial charge in [-0.2, -0.15) is 0 Å². The summed E-state index contributed by atoms with van der Waals surface area (Å²) in [4.78, 5) is 24.9. The van der Waals surface area contributed by atoms with E-state index in [1.807, 2.05) is 31.2 Å². The third kappa shape index (κ3) is 4.91. The van der Waals surface area contributed by atoms with Gasteiger partial charge in [-0.15, -0.1) is 0 Å². The van der Waals surface area contributed by atoms with Gasteiger partial charge in [0.15, 0.2) is 0 Å². The molecule has 0 N–H and O–H groups in total. The van der Waals surface area contributed by atoms with E-state index in [9.17, 15) is 9.59 Å². The summed E-state index contributed by atoms with van der Waals surface area (Å²) in [6.07, 6.45) is 0.621. The van der Waals surface area contributed by atoms with Crippen molar-refractivity contribution in [3.05, 3.63) is 29.8 Å². The minimum absolute atomic E-state index is 0.213. The number of nitrogens with zero attached hydrogens (tertiary/aromatic N) is 1. The zero-order valence-corrected chi connectivity index (χ0v) is 12.2. The van der Waals surface area contributed by atoms with Crippen LogP contribution in [-0.4, -0.2) is 37.5 Å². The molecule has 0 aliphatic rings. The minimum atomic E-state index is -0.508. The third-order valence-electron chi connectivity index (χ3n) is 2.90. The maximum Gasteiger partial charge on any atom is 0.315 e. The Balaban J connectivity index is 2.69. The van der Waals surface area contributed by atoms with Crippen LogP contribution in [0.25, 0.3) is 0 Å². The number of esters is 1. The molecule has 0 unspecified atom stereocenters. The lowest BCUT2D eigenvalue weighted by Crippen LogP contribution is -2.32. The van der Waals surface area contributed by atoms with Gasteiger partial charge < -0.3 is 14.4 Å². The fourth-order valence-corrected chi connectivity index (χ4v) is 1.82. The van der Waals surface area contributed by atoms with Gasteiger partial charge in [0.2, 0.25) is 5.91 Å². The number of carbonyl (C=O) groups is 2. The predicted octanol–water partition coefficient (Wildman–Crippen LogP) is 2.00. The summed E-state index contributed by atoms with van der Waals surface area (Å²) >= 11 is 0. The van der Waals surface area contributed by atoms with Crippen molar-refractivity contribution in [2.75, 3.05) is 20.8 Å². The Morgan fingerprint density at radius 1 is 1.15 bits per heavy atom. The Hall–Kier alpha value is -2.04. The van der Waals surface area contributed by atoms with Gasteiger partial charge in [0, 0.05) is 13.1 Å². The highest BCUT2D eigenvalue weighted by atomic mass is 16.5. The Kier molecular flexibility index (Phi) is 6.56. The number of carbonyl (C=O) groups excluding carboxylic acids is 2. The van der Waals surface area contributed by atoms with Crippen LogP contribution < -0.4 is 4.74 Å². The largest absolute Gasteiger partial charge is 0.497 e. The van der Waals surface area contributed by atoms with Crippen LogP contribution in [0.5, 0.6) is 5.75 Å². The summed E-state index contributed by atoms with van der Waals surface area (Å²) in [6, 6.07) is 7.52. The van der Waals surface area contributed by atoms with Gasteiger partial charge in [-0.1, -0.05) is 19.1 Å². The van der Waals surface area contributed by atoms with Gasteiger partial charge in [-0.25, -0.2) is 0 Å². The molecule has 0 heterocycles. The first-order chi connectivity index (χ1) is 9.60. The Bertz CT molecular complexity index is 442. The summed E-state index contributed by atoms with van der Waals surface area (Å²) < 4.78 is 9.62. The Morgan fingerprint density at radius 2 is 1.80 bits per heavy atom. The number of benzene rings is 1. The average molecular weight is 279 g/mol. The third-order valence-corrected chi connectivity index (χ3v) is 2.90. The summed E-state index contributed by atoms with van der Waals surface area (Å²) in [7, 11) is 2.89. The lowest BCUT2D eigenvalue weighted by molar-refractivity contribution is -0.147. The van der Waals surface area contributed by atoms with Crippen LogP contribution in [0.15, 0.2) is 24.3 Å². The van der Waals surface area contributed by atoms with E-state index >= 15 is 0 Å². The van der Waals surface area contributed by atoms with Gasteiger partial charge in [0.05, 0.1) is 14.2 Å². The van der Waals surface area contributed by atoms with Crippen molar-refractivity contribution >= 4 is 11.9 Å². The second kappa shape index (κ2) is 8.19. The molecule has 1 amide bonds. The molecule has 0 atom stereocenters. The molecule has 20 heavy (non-hydrogen) atoms. The highest BCUT2D eigenvalue weighted by Crippen LogP contribution is 2.14. The van der Waals surface area contributed by atoms with E-state index in [1.165, 1.54) is 7.11 Å². The second-order valence-electron chi connectivity index (χ2n) is 4.42. The molecular weight excluding hydrogens is 258 g/mol. The summed E-state index contributed by atoms with van der Waals surface area (Å²) in [5.74, 6) is 0.0528. The number of hydrogen-bond acceptors (Lipinski definition) is 4. The molecule has 1 aromatic carbocycles. The van der Waals surface area contributed by atoms with E-state index < -0.39 is 5.97 Å². The summed E-state index contributed by atoms with van der Waals surface area (Å²) in [5, 5.41) is 0. The molecule has 5 nitrogen and oxygen atoms in total. The first-order valence-electron chi connectivity index (χ1n) is 6.58. The molecule has 0 aromatic heterocycles. The van der Waals surface area contributed by atoms with Crippen molar-refractivity contribution in [3.8, 4) is 5.75 Å². The quantitative estimate of drug-likeness (QED) is 0.566. The highest BCUT2D eigenvalue weighted by molar-refractivity contribution is 5.94. The molecule has 0 fully saturated rings. The number of methoxy groups -OCH3 is 2. The van der Waals surface area contributed by atoms with Gasteiger partial charge in [0.25, 0.3) is 0 Å². The first-order valence-corrected chi connectivity index (χ1v) is 6.58. The molecule has 0 radical (unpaired) electrons. The van der Waals surface area contributed by atoms with E-state index in [0.717, 1.165) is 17.7 Å². The second-order valence-corrected chi connectivity index (χ2v) is 4.42. The lowest BCUT2D eigenvalue weighted by Gasteiger charge is -2.22. The topological polar surface area (TPSA) is 55.8 Å². The minimum Gasteiger partial charge on any atom is -0.497 e. The molecule has 0 aliphatic heterocycles. The smallest absolute Gasteiger partial charge is 0.315 e. The van der Waals surface area contributed by atoms with Crippen LogP contribution in [-0.2, 0) is 20.9 Å². The maximum atomic E-state index is 12.0. The molecule has 0 bridgehead atoms.